The molecular weight excluding hydrogens is 197 g/mol. The lowest BCUT2D eigenvalue weighted by Crippen LogP contribution is -2.21. The van der Waals surface area contributed by atoms with Crippen molar-refractivity contribution in [2.45, 2.75) is 12.2 Å². The van der Waals surface area contributed by atoms with Crippen molar-refractivity contribution in [1.29, 1.82) is 0 Å². The highest BCUT2D eigenvalue weighted by atomic mass is 19.4. The predicted molar refractivity (Wildman–Crippen MR) is 43.3 cm³/mol. The van der Waals surface area contributed by atoms with Gasteiger partial charge in [-0.1, -0.05) is 0 Å². The molecule has 1 unspecified atom stereocenters. The lowest BCUT2D eigenvalue weighted by molar-refractivity contribution is -0.138. The maximum absolute atomic E-state index is 12.4. The van der Waals surface area contributed by atoms with Crippen LogP contribution in [0.2, 0.25) is 0 Å². The smallest absolute Gasteiger partial charge is 0.394 e. The first-order valence-corrected chi connectivity index (χ1v) is 3.85. The van der Waals surface area contributed by atoms with Gasteiger partial charge in [0.25, 0.3) is 0 Å². The summed E-state index contributed by atoms with van der Waals surface area (Å²) in [6, 6.07) is 0.960. The van der Waals surface area contributed by atoms with Gasteiger partial charge in [0.1, 0.15) is 0 Å². The molecule has 6 heteroatoms. The number of halogens is 3. The van der Waals surface area contributed by atoms with Crippen molar-refractivity contribution in [3.63, 3.8) is 0 Å². The second-order valence-corrected chi connectivity index (χ2v) is 2.72. The Morgan fingerprint density at radius 2 is 2.14 bits per heavy atom. The van der Waals surface area contributed by atoms with Crippen molar-refractivity contribution < 1.29 is 18.3 Å². The molecular formula is C8H9F3N2O. The molecule has 3 nitrogen and oxygen atoms in total. The molecule has 0 amide bonds. The molecule has 0 fully saturated rings. The van der Waals surface area contributed by atoms with Gasteiger partial charge in [-0.05, 0) is 12.1 Å². The van der Waals surface area contributed by atoms with Gasteiger partial charge in [0.05, 0.1) is 23.9 Å². The van der Waals surface area contributed by atoms with E-state index in [1.807, 2.05) is 0 Å². The molecule has 1 aromatic rings. The van der Waals surface area contributed by atoms with Crippen LogP contribution in [0.25, 0.3) is 0 Å². The number of hydrogen-bond donors (Lipinski definition) is 2. The Balaban J connectivity index is 3.16. The Labute approximate surface area is 78.4 Å². The molecule has 0 bridgehead atoms. The summed E-state index contributed by atoms with van der Waals surface area (Å²) in [7, 11) is 0. The first-order valence-electron chi connectivity index (χ1n) is 3.85. The van der Waals surface area contributed by atoms with Crippen LogP contribution in [-0.4, -0.2) is 16.7 Å². The summed E-state index contributed by atoms with van der Waals surface area (Å²) in [6.45, 7) is -0.569. The third-order valence-corrected chi connectivity index (χ3v) is 1.69. The number of pyridine rings is 1. The van der Waals surface area contributed by atoms with E-state index in [0.29, 0.717) is 0 Å². The lowest BCUT2D eigenvalue weighted by atomic mass is 10.1. The number of nitrogens with zero attached hydrogens (tertiary/aromatic N) is 1. The Kier molecular flexibility index (Phi) is 3.07. The molecule has 14 heavy (non-hydrogen) atoms. The van der Waals surface area contributed by atoms with Crippen LogP contribution in [0.3, 0.4) is 0 Å². The first-order chi connectivity index (χ1) is 6.46. The van der Waals surface area contributed by atoms with E-state index in [9.17, 15) is 13.2 Å². The summed E-state index contributed by atoms with van der Waals surface area (Å²) in [5.41, 5.74) is 4.05. The summed E-state index contributed by atoms with van der Waals surface area (Å²) in [5.74, 6) is 0. The van der Waals surface area contributed by atoms with Crippen molar-refractivity contribution in [1.82, 2.24) is 4.98 Å². The van der Waals surface area contributed by atoms with Crippen LogP contribution in [-0.2, 0) is 6.18 Å². The lowest BCUT2D eigenvalue weighted by Gasteiger charge is -2.14. The second kappa shape index (κ2) is 3.93. The predicted octanol–water partition coefficient (Wildman–Crippen LogP) is 1.09. The van der Waals surface area contributed by atoms with Crippen LogP contribution in [0.15, 0.2) is 18.3 Å². The van der Waals surface area contributed by atoms with Crippen LogP contribution in [0.5, 0.6) is 0 Å². The summed E-state index contributed by atoms with van der Waals surface area (Å²) >= 11 is 0. The van der Waals surface area contributed by atoms with Gasteiger partial charge in [-0.25, -0.2) is 0 Å². The average molecular weight is 206 g/mol. The van der Waals surface area contributed by atoms with Gasteiger partial charge in [0, 0.05) is 6.20 Å². The maximum Gasteiger partial charge on any atom is 0.418 e. The van der Waals surface area contributed by atoms with Crippen molar-refractivity contribution in [2.24, 2.45) is 5.73 Å². The standard InChI is InChI=1S/C8H9F3N2O/c9-8(10,11)5-2-1-3-13-7(5)6(12)4-14/h1-3,6,14H,4,12H2. The Morgan fingerprint density at radius 1 is 1.50 bits per heavy atom. The second-order valence-electron chi connectivity index (χ2n) is 2.72. The van der Waals surface area contributed by atoms with Crippen LogP contribution in [0.1, 0.15) is 17.3 Å². The maximum atomic E-state index is 12.4. The highest BCUT2D eigenvalue weighted by Gasteiger charge is 2.35. The number of aliphatic hydroxyl groups excluding tert-OH is 1. The van der Waals surface area contributed by atoms with E-state index in [1.165, 1.54) is 12.3 Å². The van der Waals surface area contributed by atoms with Gasteiger partial charge >= 0.3 is 6.18 Å². The molecule has 78 valence electrons. The van der Waals surface area contributed by atoms with Crippen molar-refractivity contribution >= 4 is 0 Å². The number of alkyl halides is 3. The van der Waals surface area contributed by atoms with E-state index in [0.717, 1.165) is 6.07 Å². The molecule has 3 N–H and O–H groups in total. The molecule has 1 rings (SSSR count). The van der Waals surface area contributed by atoms with Gasteiger partial charge in [-0.2, -0.15) is 13.2 Å². The van der Waals surface area contributed by atoms with E-state index in [2.05, 4.69) is 4.98 Å². The third kappa shape index (κ3) is 2.21. The molecule has 0 radical (unpaired) electrons. The number of aromatic nitrogens is 1. The molecule has 1 aromatic heterocycles. The zero-order valence-electron chi connectivity index (χ0n) is 7.12. The van der Waals surface area contributed by atoms with Crippen molar-refractivity contribution in [3.05, 3.63) is 29.6 Å². The van der Waals surface area contributed by atoms with Crippen LogP contribution >= 0.6 is 0 Å². The zero-order chi connectivity index (χ0) is 10.8. The Morgan fingerprint density at radius 3 is 2.64 bits per heavy atom. The van der Waals surface area contributed by atoms with E-state index in [1.54, 1.807) is 0 Å². The first kappa shape index (κ1) is 10.9. The monoisotopic (exact) mass is 206 g/mol. The van der Waals surface area contributed by atoms with Gasteiger partial charge in [0.2, 0.25) is 0 Å². The summed E-state index contributed by atoms with van der Waals surface area (Å²) < 4.78 is 37.1. The molecule has 0 spiro atoms. The van der Waals surface area contributed by atoms with E-state index < -0.39 is 24.4 Å². The van der Waals surface area contributed by atoms with Gasteiger partial charge in [-0.15, -0.1) is 0 Å². The summed E-state index contributed by atoms with van der Waals surface area (Å²) in [4.78, 5) is 3.51. The minimum Gasteiger partial charge on any atom is -0.394 e. The molecule has 0 aliphatic heterocycles. The fraction of sp³-hybridized carbons (Fsp3) is 0.375. The zero-order valence-corrected chi connectivity index (χ0v) is 7.12. The molecule has 0 aromatic carbocycles. The fourth-order valence-electron chi connectivity index (χ4n) is 1.04. The fourth-order valence-corrected chi connectivity index (χ4v) is 1.04. The molecule has 0 aliphatic carbocycles. The minimum atomic E-state index is -4.49. The van der Waals surface area contributed by atoms with E-state index in [-0.39, 0.29) is 5.69 Å². The Bertz CT molecular complexity index is 314. The van der Waals surface area contributed by atoms with Crippen molar-refractivity contribution in [3.8, 4) is 0 Å². The molecule has 0 saturated carbocycles. The average Bonchev–Trinajstić information content (AvgIpc) is 2.15. The van der Waals surface area contributed by atoms with Gasteiger partial charge in [-0.3, -0.25) is 4.98 Å². The molecule has 1 atom stereocenters. The largest absolute Gasteiger partial charge is 0.418 e. The minimum absolute atomic E-state index is 0.331. The van der Waals surface area contributed by atoms with E-state index in [4.69, 9.17) is 10.8 Å². The molecule has 1 heterocycles. The van der Waals surface area contributed by atoms with Gasteiger partial charge in [0.15, 0.2) is 0 Å². The van der Waals surface area contributed by atoms with Crippen LogP contribution in [0, 0.1) is 0 Å². The van der Waals surface area contributed by atoms with Crippen LogP contribution in [0.4, 0.5) is 13.2 Å². The highest BCUT2D eigenvalue weighted by molar-refractivity contribution is 5.25. The number of hydrogen-bond acceptors (Lipinski definition) is 3. The normalized spacial score (nSPS) is 14.1. The van der Waals surface area contributed by atoms with Crippen molar-refractivity contribution in [2.75, 3.05) is 6.61 Å². The summed E-state index contributed by atoms with van der Waals surface area (Å²) in [6.07, 6.45) is -3.28. The topological polar surface area (TPSA) is 59.1 Å². The number of nitrogens with two attached hydrogens (primary N) is 1. The Hall–Kier alpha value is -1.14. The number of aliphatic hydroxyl groups is 1. The molecule has 0 aliphatic rings. The van der Waals surface area contributed by atoms with E-state index >= 15 is 0 Å². The van der Waals surface area contributed by atoms with Gasteiger partial charge < -0.3 is 10.8 Å². The summed E-state index contributed by atoms with van der Waals surface area (Å²) in [5, 5.41) is 8.65. The third-order valence-electron chi connectivity index (χ3n) is 1.69. The SMILES string of the molecule is NC(CO)c1ncccc1C(F)(F)F. The highest BCUT2D eigenvalue weighted by Crippen LogP contribution is 2.32. The molecule has 0 saturated heterocycles. The number of rotatable bonds is 2. The van der Waals surface area contributed by atoms with Crippen LogP contribution < -0.4 is 5.73 Å². The quantitative estimate of drug-likeness (QED) is 0.761.